The third-order valence-electron chi connectivity index (χ3n) is 3.45. The van der Waals surface area contributed by atoms with Crippen LogP contribution in [-0.2, 0) is 6.18 Å². The van der Waals surface area contributed by atoms with Crippen LogP contribution in [0.4, 0.5) is 17.6 Å². The first-order chi connectivity index (χ1) is 8.88. The summed E-state index contributed by atoms with van der Waals surface area (Å²) in [6.07, 6.45) is -1.52. The predicted octanol–water partition coefficient (Wildman–Crippen LogP) is 4.09. The molecule has 0 bridgehead atoms. The van der Waals surface area contributed by atoms with E-state index in [1.54, 1.807) is 0 Å². The van der Waals surface area contributed by atoms with Gasteiger partial charge in [0.25, 0.3) is 0 Å². The van der Waals surface area contributed by atoms with Gasteiger partial charge in [-0.15, -0.1) is 0 Å². The summed E-state index contributed by atoms with van der Waals surface area (Å²) in [4.78, 5) is 0. The molecule has 1 aromatic rings. The van der Waals surface area contributed by atoms with Gasteiger partial charge in [0.1, 0.15) is 5.82 Å². The molecule has 1 N–H and O–H groups in total. The summed E-state index contributed by atoms with van der Waals surface area (Å²) in [6, 6.07) is 3.86. The maximum Gasteiger partial charge on any atom is 0.419 e. The molecule has 19 heavy (non-hydrogen) atoms. The highest BCUT2D eigenvalue weighted by Crippen LogP contribution is 2.33. The van der Waals surface area contributed by atoms with Gasteiger partial charge < -0.3 is 5.32 Å². The van der Waals surface area contributed by atoms with Crippen molar-refractivity contribution in [2.45, 2.75) is 44.3 Å². The SMILES string of the molecule is CC(CCNC1CC1)c1ccc(F)c(C(F)(F)F)c1. The largest absolute Gasteiger partial charge is 0.419 e. The van der Waals surface area contributed by atoms with Crippen molar-refractivity contribution in [2.75, 3.05) is 6.54 Å². The predicted molar refractivity (Wildman–Crippen MR) is 65.5 cm³/mol. The number of nitrogens with one attached hydrogen (secondary N) is 1. The molecular weight excluding hydrogens is 258 g/mol. The van der Waals surface area contributed by atoms with E-state index in [9.17, 15) is 17.6 Å². The van der Waals surface area contributed by atoms with Crippen molar-refractivity contribution < 1.29 is 17.6 Å². The molecule has 1 fully saturated rings. The van der Waals surface area contributed by atoms with E-state index >= 15 is 0 Å². The number of alkyl halides is 3. The van der Waals surface area contributed by atoms with Crippen LogP contribution >= 0.6 is 0 Å². The lowest BCUT2D eigenvalue weighted by Crippen LogP contribution is -2.19. The molecule has 0 heterocycles. The van der Waals surface area contributed by atoms with Crippen LogP contribution in [0.5, 0.6) is 0 Å². The second kappa shape index (κ2) is 5.49. The van der Waals surface area contributed by atoms with Crippen LogP contribution in [0.1, 0.15) is 43.2 Å². The average molecular weight is 275 g/mol. The second-order valence-electron chi connectivity index (χ2n) is 5.16. The zero-order chi connectivity index (χ0) is 14.0. The van der Waals surface area contributed by atoms with Crippen molar-refractivity contribution in [1.82, 2.24) is 5.32 Å². The summed E-state index contributed by atoms with van der Waals surface area (Å²) >= 11 is 0. The van der Waals surface area contributed by atoms with Gasteiger partial charge in [-0.25, -0.2) is 4.39 Å². The topological polar surface area (TPSA) is 12.0 Å². The number of benzene rings is 1. The van der Waals surface area contributed by atoms with Crippen molar-refractivity contribution in [3.8, 4) is 0 Å². The Morgan fingerprint density at radius 2 is 2.00 bits per heavy atom. The van der Waals surface area contributed by atoms with Crippen LogP contribution in [0.3, 0.4) is 0 Å². The van der Waals surface area contributed by atoms with E-state index in [-0.39, 0.29) is 5.92 Å². The Kier molecular flexibility index (Phi) is 4.13. The van der Waals surface area contributed by atoms with E-state index in [4.69, 9.17) is 0 Å². The lowest BCUT2D eigenvalue weighted by atomic mass is 9.95. The fraction of sp³-hybridized carbons (Fsp3) is 0.571. The van der Waals surface area contributed by atoms with Gasteiger partial charge in [0.05, 0.1) is 5.56 Å². The molecule has 1 nitrogen and oxygen atoms in total. The van der Waals surface area contributed by atoms with E-state index in [1.807, 2.05) is 6.92 Å². The number of hydrogen-bond acceptors (Lipinski definition) is 1. The van der Waals surface area contributed by atoms with Gasteiger partial charge >= 0.3 is 6.18 Å². The monoisotopic (exact) mass is 275 g/mol. The maximum absolute atomic E-state index is 13.2. The van der Waals surface area contributed by atoms with Gasteiger partial charge in [-0.05, 0) is 49.4 Å². The zero-order valence-electron chi connectivity index (χ0n) is 10.7. The molecule has 0 spiro atoms. The Hall–Kier alpha value is -1.10. The Morgan fingerprint density at radius 1 is 1.32 bits per heavy atom. The molecule has 1 aliphatic rings. The van der Waals surface area contributed by atoms with E-state index < -0.39 is 17.6 Å². The molecule has 0 aromatic heterocycles. The van der Waals surface area contributed by atoms with E-state index in [0.29, 0.717) is 11.6 Å². The molecule has 1 unspecified atom stereocenters. The summed E-state index contributed by atoms with van der Waals surface area (Å²) in [6.45, 7) is 2.65. The minimum atomic E-state index is -4.63. The standard InChI is InChI=1S/C14H17F4N/c1-9(6-7-19-11-3-4-11)10-2-5-13(15)12(8-10)14(16,17)18/h2,5,8-9,11,19H,3-4,6-7H2,1H3. The minimum absolute atomic E-state index is 0.0204. The van der Waals surface area contributed by atoms with Gasteiger partial charge in [-0.3, -0.25) is 0 Å². The highest BCUT2D eigenvalue weighted by atomic mass is 19.4. The summed E-state index contributed by atoms with van der Waals surface area (Å²) < 4.78 is 51.0. The quantitative estimate of drug-likeness (QED) is 0.798. The Labute approximate surface area is 110 Å². The van der Waals surface area contributed by atoms with Crippen molar-refractivity contribution in [3.05, 3.63) is 35.1 Å². The van der Waals surface area contributed by atoms with Gasteiger partial charge in [0.2, 0.25) is 0 Å². The summed E-state index contributed by atoms with van der Waals surface area (Å²) in [5.41, 5.74) is -0.640. The third kappa shape index (κ3) is 3.93. The lowest BCUT2D eigenvalue weighted by Gasteiger charge is -2.15. The van der Waals surface area contributed by atoms with Crippen molar-refractivity contribution in [1.29, 1.82) is 0 Å². The fourth-order valence-electron chi connectivity index (χ4n) is 2.02. The minimum Gasteiger partial charge on any atom is -0.314 e. The molecule has 0 amide bonds. The molecular formula is C14H17F4N. The van der Waals surface area contributed by atoms with Gasteiger partial charge in [-0.2, -0.15) is 13.2 Å². The molecule has 0 aliphatic heterocycles. The number of hydrogen-bond donors (Lipinski definition) is 1. The Morgan fingerprint density at radius 3 is 2.58 bits per heavy atom. The summed E-state index contributed by atoms with van der Waals surface area (Å²) in [7, 11) is 0. The van der Waals surface area contributed by atoms with Gasteiger partial charge in [0.15, 0.2) is 0 Å². The smallest absolute Gasteiger partial charge is 0.314 e. The van der Waals surface area contributed by atoms with Crippen molar-refractivity contribution in [2.24, 2.45) is 0 Å². The fourth-order valence-corrected chi connectivity index (χ4v) is 2.02. The van der Waals surface area contributed by atoms with Crippen LogP contribution in [0, 0.1) is 5.82 Å². The number of rotatable bonds is 5. The lowest BCUT2D eigenvalue weighted by molar-refractivity contribution is -0.140. The molecule has 1 aliphatic carbocycles. The van der Waals surface area contributed by atoms with Crippen LogP contribution in [0.15, 0.2) is 18.2 Å². The highest BCUT2D eigenvalue weighted by molar-refractivity contribution is 5.29. The van der Waals surface area contributed by atoms with Gasteiger partial charge in [0, 0.05) is 6.04 Å². The Bertz CT molecular complexity index is 438. The molecule has 1 aromatic carbocycles. The van der Waals surface area contributed by atoms with Crippen LogP contribution in [0.25, 0.3) is 0 Å². The van der Waals surface area contributed by atoms with E-state index in [2.05, 4.69) is 5.32 Å². The first-order valence-electron chi connectivity index (χ1n) is 6.48. The van der Waals surface area contributed by atoms with Crippen molar-refractivity contribution in [3.63, 3.8) is 0 Å². The molecule has 1 atom stereocenters. The second-order valence-corrected chi connectivity index (χ2v) is 5.16. The van der Waals surface area contributed by atoms with Crippen LogP contribution < -0.4 is 5.32 Å². The molecule has 1 saturated carbocycles. The summed E-state index contributed by atoms with van der Waals surface area (Å²) in [5, 5.41) is 3.32. The normalized spacial score (nSPS) is 17.5. The van der Waals surface area contributed by atoms with Crippen molar-refractivity contribution >= 4 is 0 Å². The van der Waals surface area contributed by atoms with Crippen LogP contribution in [-0.4, -0.2) is 12.6 Å². The molecule has 5 heteroatoms. The summed E-state index contributed by atoms with van der Waals surface area (Å²) in [5.74, 6) is -1.23. The first-order valence-corrected chi connectivity index (χ1v) is 6.48. The zero-order valence-corrected chi connectivity index (χ0v) is 10.7. The molecule has 0 saturated heterocycles. The maximum atomic E-state index is 13.2. The molecule has 106 valence electrons. The average Bonchev–Trinajstić information content (AvgIpc) is 3.12. The highest BCUT2D eigenvalue weighted by Gasteiger charge is 2.34. The molecule has 2 rings (SSSR count). The molecule has 0 radical (unpaired) electrons. The van der Waals surface area contributed by atoms with E-state index in [1.165, 1.54) is 18.9 Å². The number of halogens is 4. The van der Waals surface area contributed by atoms with Gasteiger partial charge in [-0.1, -0.05) is 13.0 Å². The van der Waals surface area contributed by atoms with Crippen LogP contribution in [0.2, 0.25) is 0 Å². The van der Waals surface area contributed by atoms with E-state index in [0.717, 1.165) is 25.1 Å². The Balaban J connectivity index is 2.02. The first kappa shape index (κ1) is 14.3. The third-order valence-corrected chi connectivity index (χ3v) is 3.45.